The first-order chi connectivity index (χ1) is 12.9. The minimum atomic E-state index is -1.21. The van der Waals surface area contributed by atoms with Gasteiger partial charge in [0.1, 0.15) is 5.54 Å². The number of aromatic amines is 1. The van der Waals surface area contributed by atoms with Crippen molar-refractivity contribution in [2.45, 2.75) is 31.3 Å². The van der Waals surface area contributed by atoms with E-state index in [9.17, 15) is 9.59 Å². The molecule has 0 radical (unpaired) electrons. The van der Waals surface area contributed by atoms with Crippen LogP contribution in [0.4, 0.5) is 0 Å². The lowest BCUT2D eigenvalue weighted by molar-refractivity contribution is -0.131. The van der Waals surface area contributed by atoms with Gasteiger partial charge in [0.15, 0.2) is 0 Å². The third kappa shape index (κ3) is 4.17. The Balaban J connectivity index is 1.72. The number of benzene rings is 2. The Labute approximate surface area is 157 Å². The molecule has 2 atom stereocenters. The van der Waals surface area contributed by atoms with E-state index in [-0.39, 0.29) is 0 Å². The minimum Gasteiger partial charge on any atom is -0.368 e. The number of aromatic nitrogens is 1. The lowest BCUT2D eigenvalue weighted by Crippen LogP contribution is -2.60. The zero-order chi connectivity index (χ0) is 19.4. The van der Waals surface area contributed by atoms with Gasteiger partial charge < -0.3 is 21.8 Å². The molecule has 0 bridgehead atoms. The second-order valence-electron chi connectivity index (χ2n) is 7.02. The largest absolute Gasteiger partial charge is 0.368 e. The summed E-state index contributed by atoms with van der Waals surface area (Å²) in [7, 11) is 0. The number of H-pyrrole nitrogens is 1. The Morgan fingerprint density at radius 2 is 1.78 bits per heavy atom. The quantitative estimate of drug-likeness (QED) is 0.511. The van der Waals surface area contributed by atoms with Gasteiger partial charge in [-0.2, -0.15) is 0 Å². The summed E-state index contributed by atoms with van der Waals surface area (Å²) in [4.78, 5) is 27.9. The normalized spacial score (nSPS) is 14.4. The molecule has 140 valence electrons. The van der Waals surface area contributed by atoms with Crippen LogP contribution in [0.15, 0.2) is 60.8 Å². The van der Waals surface area contributed by atoms with Crippen LogP contribution < -0.4 is 16.8 Å². The molecule has 27 heavy (non-hydrogen) atoms. The number of hydrogen-bond acceptors (Lipinski definition) is 3. The molecule has 0 saturated carbocycles. The number of primary amides is 1. The summed E-state index contributed by atoms with van der Waals surface area (Å²) < 4.78 is 0. The molecule has 0 aliphatic heterocycles. The summed E-state index contributed by atoms with van der Waals surface area (Å²) in [5, 5.41) is 3.78. The van der Waals surface area contributed by atoms with Crippen molar-refractivity contribution in [1.29, 1.82) is 0 Å². The zero-order valence-electron chi connectivity index (χ0n) is 15.2. The molecule has 6 N–H and O–H groups in total. The molecule has 2 amide bonds. The third-order valence-electron chi connectivity index (χ3n) is 4.79. The second-order valence-corrected chi connectivity index (χ2v) is 7.02. The van der Waals surface area contributed by atoms with E-state index in [0.717, 1.165) is 22.0 Å². The van der Waals surface area contributed by atoms with Crippen LogP contribution >= 0.6 is 0 Å². The van der Waals surface area contributed by atoms with E-state index in [2.05, 4.69) is 10.3 Å². The van der Waals surface area contributed by atoms with Gasteiger partial charge in [-0.15, -0.1) is 0 Å². The molecule has 1 unspecified atom stereocenters. The highest BCUT2D eigenvalue weighted by atomic mass is 16.2. The van der Waals surface area contributed by atoms with E-state index in [1.54, 1.807) is 6.92 Å². The van der Waals surface area contributed by atoms with Gasteiger partial charge in [0.05, 0.1) is 6.04 Å². The van der Waals surface area contributed by atoms with E-state index in [4.69, 9.17) is 11.5 Å². The van der Waals surface area contributed by atoms with E-state index in [0.29, 0.717) is 12.8 Å². The average molecular weight is 364 g/mol. The Morgan fingerprint density at radius 1 is 1.11 bits per heavy atom. The number of para-hydroxylation sites is 1. The molecule has 0 fully saturated rings. The highest BCUT2D eigenvalue weighted by Crippen LogP contribution is 2.19. The van der Waals surface area contributed by atoms with Gasteiger partial charge in [-0.25, -0.2) is 0 Å². The number of carbonyl (C=O) groups excluding carboxylic acids is 2. The number of carbonyl (C=O) groups is 2. The molecular weight excluding hydrogens is 340 g/mol. The smallest absolute Gasteiger partial charge is 0.243 e. The fourth-order valence-corrected chi connectivity index (χ4v) is 3.19. The third-order valence-corrected chi connectivity index (χ3v) is 4.79. The van der Waals surface area contributed by atoms with Crippen LogP contribution in [0.25, 0.3) is 10.9 Å². The summed E-state index contributed by atoms with van der Waals surface area (Å²) in [6.07, 6.45) is 2.51. The molecule has 0 spiro atoms. The van der Waals surface area contributed by atoms with Crippen molar-refractivity contribution >= 4 is 22.7 Å². The molecule has 3 aromatic rings. The lowest BCUT2D eigenvalue weighted by Gasteiger charge is -2.29. The fraction of sp³-hybridized carbons (Fsp3) is 0.238. The van der Waals surface area contributed by atoms with Crippen molar-refractivity contribution < 1.29 is 9.59 Å². The van der Waals surface area contributed by atoms with Crippen LogP contribution in [0.2, 0.25) is 0 Å². The maximum absolute atomic E-state index is 12.7. The summed E-state index contributed by atoms with van der Waals surface area (Å²) in [6.45, 7) is 1.62. The van der Waals surface area contributed by atoms with Gasteiger partial charge in [-0.3, -0.25) is 9.59 Å². The first-order valence-electron chi connectivity index (χ1n) is 8.85. The van der Waals surface area contributed by atoms with Crippen molar-refractivity contribution in [2.75, 3.05) is 0 Å². The molecule has 0 saturated heterocycles. The molecule has 0 aliphatic rings. The number of amides is 2. The molecule has 2 aromatic carbocycles. The van der Waals surface area contributed by atoms with Crippen LogP contribution in [0.5, 0.6) is 0 Å². The molecule has 6 nitrogen and oxygen atoms in total. The summed E-state index contributed by atoms with van der Waals surface area (Å²) in [5.41, 5.74) is 13.3. The van der Waals surface area contributed by atoms with Gasteiger partial charge in [-0.1, -0.05) is 48.5 Å². The number of hydrogen-bond donors (Lipinski definition) is 4. The molecule has 0 aliphatic carbocycles. The van der Waals surface area contributed by atoms with Crippen LogP contribution in [0.3, 0.4) is 0 Å². The van der Waals surface area contributed by atoms with Gasteiger partial charge in [0.25, 0.3) is 0 Å². The predicted molar refractivity (Wildman–Crippen MR) is 106 cm³/mol. The van der Waals surface area contributed by atoms with Crippen LogP contribution in [-0.2, 0) is 22.4 Å². The molecule has 1 heterocycles. The van der Waals surface area contributed by atoms with E-state index in [1.807, 2.05) is 60.8 Å². The maximum Gasteiger partial charge on any atom is 0.243 e. The summed E-state index contributed by atoms with van der Waals surface area (Å²) >= 11 is 0. The Morgan fingerprint density at radius 3 is 2.48 bits per heavy atom. The lowest BCUT2D eigenvalue weighted by atomic mass is 9.91. The first kappa shape index (κ1) is 18.7. The number of nitrogens with two attached hydrogens (primary N) is 2. The number of rotatable bonds is 7. The Bertz CT molecular complexity index is 951. The highest BCUT2D eigenvalue weighted by Gasteiger charge is 2.34. The Hall–Kier alpha value is -3.12. The van der Waals surface area contributed by atoms with Crippen molar-refractivity contribution in [3.63, 3.8) is 0 Å². The van der Waals surface area contributed by atoms with Gasteiger partial charge in [-0.05, 0) is 30.5 Å². The first-order valence-corrected chi connectivity index (χ1v) is 8.85. The zero-order valence-corrected chi connectivity index (χ0v) is 15.2. The second kappa shape index (κ2) is 7.63. The fourth-order valence-electron chi connectivity index (χ4n) is 3.19. The predicted octanol–water partition coefficient (Wildman–Crippen LogP) is 1.64. The summed E-state index contributed by atoms with van der Waals surface area (Å²) in [6, 6.07) is 16.5. The summed E-state index contributed by atoms with van der Waals surface area (Å²) in [5.74, 6) is -1.00. The topological polar surface area (TPSA) is 114 Å². The van der Waals surface area contributed by atoms with Crippen molar-refractivity contribution in [1.82, 2.24) is 10.3 Å². The van der Waals surface area contributed by atoms with Crippen molar-refractivity contribution in [2.24, 2.45) is 11.5 Å². The molecule has 1 aromatic heterocycles. The van der Waals surface area contributed by atoms with E-state index in [1.165, 1.54) is 0 Å². The van der Waals surface area contributed by atoms with Gasteiger partial charge in [0, 0.05) is 23.5 Å². The highest BCUT2D eigenvalue weighted by molar-refractivity contribution is 5.92. The minimum absolute atomic E-state index is 0.300. The molecule has 6 heteroatoms. The van der Waals surface area contributed by atoms with Crippen LogP contribution in [0.1, 0.15) is 18.1 Å². The van der Waals surface area contributed by atoms with Crippen molar-refractivity contribution in [3.05, 3.63) is 71.9 Å². The van der Waals surface area contributed by atoms with E-state index < -0.39 is 23.4 Å². The standard InChI is InChI=1S/C21H24N4O2/c1-21(20(23)27,12-14-7-3-2-4-8-14)25-19(26)17(22)11-15-13-24-18-10-6-5-9-16(15)18/h2-10,13,17,24H,11-12,22H2,1H3,(H2,23,27)(H,25,26)/t17?,21-/m1/s1. The van der Waals surface area contributed by atoms with Gasteiger partial charge in [0.2, 0.25) is 11.8 Å². The average Bonchev–Trinajstić information content (AvgIpc) is 3.05. The van der Waals surface area contributed by atoms with Gasteiger partial charge >= 0.3 is 0 Å². The Kier molecular flexibility index (Phi) is 5.28. The van der Waals surface area contributed by atoms with Crippen LogP contribution in [0, 0.1) is 0 Å². The monoisotopic (exact) mass is 364 g/mol. The molecular formula is C21H24N4O2. The van der Waals surface area contributed by atoms with Crippen LogP contribution in [-0.4, -0.2) is 28.4 Å². The van der Waals surface area contributed by atoms with E-state index >= 15 is 0 Å². The maximum atomic E-state index is 12.7. The SMILES string of the molecule is C[C@](Cc1ccccc1)(NC(=O)C(N)Cc1c[nH]c2ccccc12)C(N)=O. The van der Waals surface area contributed by atoms with Crippen molar-refractivity contribution in [3.8, 4) is 0 Å². The number of fused-ring (bicyclic) bond motifs is 1. The molecule has 3 rings (SSSR count). The number of nitrogens with one attached hydrogen (secondary N) is 2.